The summed E-state index contributed by atoms with van der Waals surface area (Å²) in [7, 11) is -2.36. The van der Waals surface area contributed by atoms with Gasteiger partial charge in [-0.25, -0.2) is 13.1 Å². The molecule has 6 nitrogen and oxygen atoms in total. The van der Waals surface area contributed by atoms with Gasteiger partial charge in [-0.05, 0) is 35.7 Å². The van der Waals surface area contributed by atoms with E-state index in [0.29, 0.717) is 12.3 Å². The maximum Gasteiger partial charge on any atom is 0.255 e. The van der Waals surface area contributed by atoms with Crippen LogP contribution in [0.3, 0.4) is 0 Å². The van der Waals surface area contributed by atoms with Crippen LogP contribution in [-0.4, -0.2) is 26.3 Å². The second-order valence-electron chi connectivity index (χ2n) is 5.91. The zero-order valence-corrected chi connectivity index (χ0v) is 17.8. The summed E-state index contributed by atoms with van der Waals surface area (Å²) < 4.78 is 32.8. The molecule has 0 saturated heterocycles. The third-order valence-electron chi connectivity index (χ3n) is 3.88. The monoisotopic (exact) mass is 458 g/mol. The molecule has 0 aliphatic heterocycles. The molecule has 2 heterocycles. The van der Waals surface area contributed by atoms with Crippen LogP contribution in [-0.2, 0) is 23.1 Å². The van der Waals surface area contributed by atoms with E-state index >= 15 is 0 Å². The molecule has 1 aromatic carbocycles. The zero-order chi connectivity index (χ0) is 20.3. The molecule has 0 atom stereocenters. The number of carbonyl (C=O) groups is 1. The smallest absolute Gasteiger partial charge is 0.255 e. The first-order valence-electron chi connectivity index (χ1n) is 8.07. The van der Waals surface area contributed by atoms with Crippen LogP contribution < -0.4 is 4.72 Å². The third kappa shape index (κ3) is 4.76. The number of benzene rings is 1. The first-order valence-corrected chi connectivity index (χ1v) is 11.2. The zero-order valence-electron chi connectivity index (χ0n) is 14.7. The van der Waals surface area contributed by atoms with Gasteiger partial charge in [-0.3, -0.25) is 4.79 Å². The number of nitrogens with one attached hydrogen (secondary N) is 1. The van der Waals surface area contributed by atoms with Crippen LogP contribution in [0.4, 0.5) is 0 Å². The SMILES string of the molecule is CN(Cc1cccs1)C(=O)c1cc(S(=O)(=O)NCc2ccco2)c(Cl)cc1Cl. The maximum absolute atomic E-state index is 12.8. The first kappa shape index (κ1) is 20.9. The Morgan fingerprint density at radius 1 is 1.21 bits per heavy atom. The van der Waals surface area contributed by atoms with E-state index in [0.717, 1.165) is 4.88 Å². The van der Waals surface area contributed by atoms with Gasteiger partial charge >= 0.3 is 0 Å². The molecule has 1 N–H and O–H groups in total. The number of rotatable bonds is 7. The van der Waals surface area contributed by atoms with Crippen molar-refractivity contribution in [3.8, 4) is 0 Å². The van der Waals surface area contributed by atoms with Gasteiger partial charge in [0.15, 0.2) is 0 Å². The minimum atomic E-state index is -3.98. The lowest BCUT2D eigenvalue weighted by Crippen LogP contribution is -2.27. The molecule has 0 saturated carbocycles. The number of hydrogen-bond donors (Lipinski definition) is 1. The molecule has 1 amide bonds. The van der Waals surface area contributed by atoms with Gasteiger partial charge in [-0.1, -0.05) is 29.3 Å². The number of halogens is 2. The fourth-order valence-electron chi connectivity index (χ4n) is 2.47. The van der Waals surface area contributed by atoms with E-state index in [2.05, 4.69) is 4.72 Å². The van der Waals surface area contributed by atoms with Gasteiger partial charge in [0.1, 0.15) is 10.7 Å². The van der Waals surface area contributed by atoms with Crippen LogP contribution in [0.1, 0.15) is 21.0 Å². The summed E-state index contributed by atoms with van der Waals surface area (Å²) in [6, 6.07) is 9.55. The number of amides is 1. The van der Waals surface area contributed by atoms with E-state index in [4.69, 9.17) is 27.6 Å². The summed E-state index contributed by atoms with van der Waals surface area (Å²) in [5, 5.41) is 1.92. The lowest BCUT2D eigenvalue weighted by molar-refractivity contribution is 0.0786. The molecular weight excluding hydrogens is 443 g/mol. The Morgan fingerprint density at radius 2 is 2.00 bits per heavy atom. The van der Waals surface area contributed by atoms with Crippen LogP contribution in [0.15, 0.2) is 57.4 Å². The van der Waals surface area contributed by atoms with Crippen molar-refractivity contribution < 1.29 is 17.6 Å². The predicted molar refractivity (Wildman–Crippen MR) is 109 cm³/mol. The average molecular weight is 459 g/mol. The first-order chi connectivity index (χ1) is 13.3. The van der Waals surface area contributed by atoms with E-state index in [1.54, 1.807) is 19.2 Å². The van der Waals surface area contributed by atoms with Gasteiger partial charge in [0, 0.05) is 11.9 Å². The Balaban J connectivity index is 1.86. The summed E-state index contributed by atoms with van der Waals surface area (Å²) in [5.41, 5.74) is 0.0588. The highest BCUT2D eigenvalue weighted by Gasteiger charge is 2.24. The largest absolute Gasteiger partial charge is 0.468 e. The summed E-state index contributed by atoms with van der Waals surface area (Å²) in [6.07, 6.45) is 1.44. The topological polar surface area (TPSA) is 79.6 Å². The number of hydrogen-bond acceptors (Lipinski definition) is 5. The summed E-state index contributed by atoms with van der Waals surface area (Å²) >= 11 is 13.8. The molecule has 0 aliphatic carbocycles. The van der Waals surface area contributed by atoms with Crippen LogP contribution in [0.25, 0.3) is 0 Å². The number of carbonyl (C=O) groups excluding carboxylic acids is 1. The number of furan rings is 1. The third-order valence-corrected chi connectivity index (χ3v) is 6.92. The minimum Gasteiger partial charge on any atom is -0.468 e. The summed E-state index contributed by atoms with van der Waals surface area (Å²) in [5.74, 6) is 0.0400. The Labute approximate surface area is 176 Å². The van der Waals surface area contributed by atoms with Gasteiger partial charge in [0.05, 0.1) is 35.0 Å². The highest BCUT2D eigenvalue weighted by atomic mass is 35.5. The van der Waals surface area contributed by atoms with Gasteiger partial charge in [-0.2, -0.15) is 0 Å². The molecule has 2 aromatic heterocycles. The normalized spacial score (nSPS) is 11.5. The Morgan fingerprint density at radius 3 is 2.64 bits per heavy atom. The molecule has 10 heteroatoms. The fraction of sp³-hybridized carbons (Fsp3) is 0.167. The van der Waals surface area contributed by atoms with Crippen LogP contribution in [0.2, 0.25) is 10.0 Å². The second kappa shape index (κ2) is 8.67. The van der Waals surface area contributed by atoms with E-state index in [9.17, 15) is 13.2 Å². The standard InChI is InChI=1S/C18H16Cl2N2O4S2/c1-22(11-13-5-3-7-27-13)18(23)14-8-17(16(20)9-15(14)19)28(24,25)21-10-12-4-2-6-26-12/h2-9,21H,10-11H2,1H3. The minimum absolute atomic E-state index is 0.0458. The highest BCUT2D eigenvalue weighted by molar-refractivity contribution is 7.89. The van der Waals surface area contributed by atoms with Crippen molar-refractivity contribution in [2.45, 2.75) is 18.0 Å². The molecule has 28 heavy (non-hydrogen) atoms. The molecule has 0 fully saturated rings. The predicted octanol–water partition coefficient (Wildman–Crippen LogP) is 4.40. The Kier molecular flexibility index (Phi) is 6.47. The van der Waals surface area contributed by atoms with Crippen LogP contribution in [0, 0.1) is 0 Å². The molecule has 0 radical (unpaired) electrons. The molecule has 0 bridgehead atoms. The lowest BCUT2D eigenvalue weighted by atomic mass is 10.2. The van der Waals surface area contributed by atoms with Crippen molar-refractivity contribution in [2.75, 3.05) is 7.05 Å². The van der Waals surface area contributed by atoms with Gasteiger partial charge < -0.3 is 9.32 Å². The molecule has 0 unspecified atom stereocenters. The van der Waals surface area contributed by atoms with E-state index < -0.39 is 15.9 Å². The summed E-state index contributed by atoms with van der Waals surface area (Å²) in [4.78, 5) is 15.0. The summed E-state index contributed by atoms with van der Waals surface area (Å²) in [6.45, 7) is 0.337. The highest BCUT2D eigenvalue weighted by Crippen LogP contribution is 2.30. The lowest BCUT2D eigenvalue weighted by Gasteiger charge is -2.18. The van der Waals surface area contributed by atoms with E-state index in [-0.39, 0.29) is 27.0 Å². The van der Waals surface area contributed by atoms with Gasteiger partial charge in [-0.15, -0.1) is 11.3 Å². The second-order valence-corrected chi connectivity index (χ2v) is 9.49. The molecule has 3 rings (SSSR count). The van der Waals surface area contributed by atoms with Crippen molar-refractivity contribution in [2.24, 2.45) is 0 Å². The van der Waals surface area contributed by atoms with Crippen molar-refractivity contribution in [3.63, 3.8) is 0 Å². The van der Waals surface area contributed by atoms with Gasteiger partial charge in [0.2, 0.25) is 10.0 Å². The van der Waals surface area contributed by atoms with E-state index in [1.165, 1.54) is 34.6 Å². The molecular formula is C18H16Cl2N2O4S2. The molecule has 0 spiro atoms. The quantitative estimate of drug-likeness (QED) is 0.568. The molecule has 3 aromatic rings. The van der Waals surface area contributed by atoms with Crippen LogP contribution in [0.5, 0.6) is 0 Å². The Bertz CT molecular complexity index is 1070. The average Bonchev–Trinajstić information content (AvgIpc) is 3.33. The van der Waals surface area contributed by atoms with E-state index in [1.807, 2.05) is 17.5 Å². The number of thiophene rings is 1. The van der Waals surface area contributed by atoms with Crippen molar-refractivity contribution in [3.05, 3.63) is 74.3 Å². The Hall–Kier alpha value is -1.84. The van der Waals surface area contributed by atoms with Crippen molar-refractivity contribution >= 4 is 50.5 Å². The fourth-order valence-corrected chi connectivity index (χ4v) is 5.07. The number of sulfonamides is 1. The number of nitrogens with zero attached hydrogens (tertiary/aromatic N) is 1. The van der Waals surface area contributed by atoms with Gasteiger partial charge in [0.25, 0.3) is 5.91 Å². The maximum atomic E-state index is 12.8. The molecule has 148 valence electrons. The van der Waals surface area contributed by atoms with Crippen LogP contribution >= 0.6 is 34.5 Å². The van der Waals surface area contributed by atoms with Crippen molar-refractivity contribution in [1.29, 1.82) is 0 Å². The molecule has 0 aliphatic rings. The van der Waals surface area contributed by atoms with Crippen molar-refractivity contribution in [1.82, 2.24) is 9.62 Å².